The summed E-state index contributed by atoms with van der Waals surface area (Å²) in [4.78, 5) is 5.18. The van der Waals surface area contributed by atoms with Crippen molar-refractivity contribution in [1.82, 2.24) is 30.0 Å². The van der Waals surface area contributed by atoms with Gasteiger partial charge in [0.2, 0.25) is 0 Å². The number of benzene rings is 2. The fourth-order valence-electron chi connectivity index (χ4n) is 5.07. The van der Waals surface area contributed by atoms with Crippen LogP contribution in [0.25, 0.3) is 0 Å². The van der Waals surface area contributed by atoms with Crippen LogP contribution in [0.2, 0.25) is 0 Å². The lowest BCUT2D eigenvalue weighted by Crippen LogP contribution is -2.51. The molecule has 1 aromatic heterocycles. The molecule has 2 heterocycles. The van der Waals surface area contributed by atoms with Gasteiger partial charge in [0, 0.05) is 32.2 Å². The number of halogens is 1. The topological polar surface area (TPSA) is 50.1 Å². The predicted octanol–water partition coefficient (Wildman–Crippen LogP) is 3.51. The van der Waals surface area contributed by atoms with E-state index in [-0.39, 0.29) is 11.9 Å². The Morgan fingerprint density at radius 2 is 1.61 bits per heavy atom. The highest BCUT2D eigenvalue weighted by molar-refractivity contribution is 5.25. The van der Waals surface area contributed by atoms with Crippen molar-refractivity contribution in [2.24, 2.45) is 0 Å². The third kappa shape index (κ3) is 4.52. The number of nitrogens with zero attached hydrogens (tertiary/aromatic N) is 6. The Labute approximate surface area is 182 Å². The first-order chi connectivity index (χ1) is 15.3. The third-order valence-electron chi connectivity index (χ3n) is 6.72. The monoisotopic (exact) mass is 420 g/mol. The second kappa shape index (κ2) is 9.24. The molecule has 1 aliphatic heterocycles. The maximum atomic E-state index is 13.3. The van der Waals surface area contributed by atoms with E-state index in [0.717, 1.165) is 43.6 Å². The number of hydrogen-bond donors (Lipinski definition) is 0. The quantitative estimate of drug-likeness (QED) is 0.611. The zero-order valence-corrected chi connectivity index (χ0v) is 17.8. The molecule has 1 aliphatic carbocycles. The zero-order valence-electron chi connectivity index (χ0n) is 17.8. The maximum absolute atomic E-state index is 13.3. The number of hydrogen-bond acceptors (Lipinski definition) is 5. The zero-order chi connectivity index (χ0) is 21.0. The van der Waals surface area contributed by atoms with Crippen molar-refractivity contribution in [2.45, 2.75) is 44.3 Å². The summed E-state index contributed by atoms with van der Waals surface area (Å²) in [6, 6.07) is 17.8. The molecular weight excluding hydrogens is 391 g/mol. The summed E-state index contributed by atoms with van der Waals surface area (Å²) < 4.78 is 15.2. The minimum absolute atomic E-state index is 0.00220. The molecule has 0 spiro atoms. The standard InChI is InChI=1S/C24H29FN6/c25-21-12-10-19(11-13-21)18-31-24(26-27-28-31)23(20-6-2-1-3-7-20)30-16-14-29(15-17-30)22-8-4-5-9-22/h1-3,6-7,10-13,22-23H,4-5,8-9,14-18H2. The van der Waals surface area contributed by atoms with Crippen LogP contribution in [0.4, 0.5) is 4.39 Å². The fraction of sp³-hybridized carbons (Fsp3) is 0.458. The molecule has 31 heavy (non-hydrogen) atoms. The molecule has 0 amide bonds. The van der Waals surface area contributed by atoms with E-state index in [1.807, 2.05) is 10.7 Å². The van der Waals surface area contributed by atoms with Gasteiger partial charge >= 0.3 is 0 Å². The SMILES string of the molecule is Fc1ccc(Cn2nnnc2C(c2ccccc2)N2CCN(C3CCCC3)CC2)cc1. The van der Waals surface area contributed by atoms with Crippen molar-refractivity contribution < 1.29 is 4.39 Å². The normalized spacial score (nSPS) is 19.6. The van der Waals surface area contributed by atoms with Gasteiger partial charge in [-0.15, -0.1) is 5.10 Å². The number of aromatic nitrogens is 4. The van der Waals surface area contributed by atoms with Gasteiger partial charge in [-0.3, -0.25) is 9.80 Å². The van der Waals surface area contributed by atoms with Crippen molar-refractivity contribution >= 4 is 0 Å². The molecule has 0 N–H and O–H groups in total. The Bertz CT molecular complexity index is 959. The van der Waals surface area contributed by atoms with E-state index in [4.69, 9.17) is 0 Å². The summed E-state index contributed by atoms with van der Waals surface area (Å²) in [5.41, 5.74) is 2.18. The summed E-state index contributed by atoms with van der Waals surface area (Å²) in [5.74, 6) is 0.604. The summed E-state index contributed by atoms with van der Waals surface area (Å²) in [5, 5.41) is 12.7. The summed E-state index contributed by atoms with van der Waals surface area (Å²) in [6.45, 7) is 4.70. The molecule has 1 saturated heterocycles. The molecule has 5 rings (SSSR count). The number of rotatable bonds is 6. The third-order valence-corrected chi connectivity index (χ3v) is 6.72. The van der Waals surface area contributed by atoms with Crippen molar-refractivity contribution in [3.8, 4) is 0 Å². The lowest BCUT2D eigenvalue weighted by molar-refractivity contribution is 0.0771. The molecule has 0 bridgehead atoms. The summed E-state index contributed by atoms with van der Waals surface area (Å²) in [6.07, 6.45) is 5.43. The van der Waals surface area contributed by atoms with Gasteiger partial charge in [0.25, 0.3) is 0 Å². The Balaban J connectivity index is 1.39. The van der Waals surface area contributed by atoms with Gasteiger partial charge < -0.3 is 0 Å². The number of tetrazole rings is 1. The molecule has 2 aliphatic rings. The molecule has 0 radical (unpaired) electrons. The van der Waals surface area contributed by atoms with Gasteiger partial charge in [0.05, 0.1) is 12.6 Å². The Hall–Kier alpha value is -2.64. The minimum atomic E-state index is -0.233. The highest BCUT2D eigenvalue weighted by Gasteiger charge is 2.33. The fourth-order valence-corrected chi connectivity index (χ4v) is 5.07. The van der Waals surface area contributed by atoms with E-state index in [2.05, 4.69) is 49.6 Å². The van der Waals surface area contributed by atoms with E-state index in [1.54, 1.807) is 12.1 Å². The molecule has 3 aromatic rings. The van der Waals surface area contributed by atoms with Crippen molar-refractivity contribution in [1.29, 1.82) is 0 Å². The van der Waals surface area contributed by atoms with Crippen molar-refractivity contribution in [3.63, 3.8) is 0 Å². The molecule has 1 saturated carbocycles. The van der Waals surface area contributed by atoms with Crippen LogP contribution in [-0.4, -0.2) is 62.2 Å². The molecule has 2 fully saturated rings. The second-order valence-corrected chi connectivity index (χ2v) is 8.64. The summed E-state index contributed by atoms with van der Waals surface area (Å²) in [7, 11) is 0. The lowest BCUT2D eigenvalue weighted by atomic mass is 10.0. The van der Waals surface area contributed by atoms with Gasteiger partial charge in [-0.25, -0.2) is 9.07 Å². The van der Waals surface area contributed by atoms with Gasteiger partial charge in [-0.1, -0.05) is 55.3 Å². The molecule has 2 aromatic carbocycles. The van der Waals surface area contributed by atoms with E-state index in [0.29, 0.717) is 6.54 Å². The second-order valence-electron chi connectivity index (χ2n) is 8.64. The first-order valence-corrected chi connectivity index (χ1v) is 11.3. The van der Waals surface area contributed by atoms with Gasteiger partial charge in [-0.2, -0.15) is 0 Å². The maximum Gasteiger partial charge on any atom is 0.173 e. The summed E-state index contributed by atoms with van der Waals surface area (Å²) >= 11 is 0. The van der Waals surface area contributed by atoms with Crippen molar-refractivity contribution in [2.75, 3.05) is 26.2 Å². The first kappa shape index (κ1) is 20.3. The average Bonchev–Trinajstić information content (AvgIpc) is 3.50. The van der Waals surface area contributed by atoms with Crippen LogP contribution in [-0.2, 0) is 6.54 Å². The number of piperazine rings is 1. The first-order valence-electron chi connectivity index (χ1n) is 11.3. The smallest absolute Gasteiger partial charge is 0.173 e. The van der Waals surface area contributed by atoms with Crippen LogP contribution in [0.15, 0.2) is 54.6 Å². The van der Waals surface area contributed by atoms with Crippen LogP contribution in [0.5, 0.6) is 0 Å². The molecule has 1 atom stereocenters. The van der Waals surface area contributed by atoms with Crippen LogP contribution >= 0.6 is 0 Å². The van der Waals surface area contributed by atoms with Crippen LogP contribution < -0.4 is 0 Å². The highest BCUT2D eigenvalue weighted by Crippen LogP contribution is 2.30. The van der Waals surface area contributed by atoms with Crippen LogP contribution in [0.1, 0.15) is 48.7 Å². The van der Waals surface area contributed by atoms with Gasteiger partial charge in [0.15, 0.2) is 5.82 Å². The lowest BCUT2D eigenvalue weighted by Gasteiger charge is -2.41. The van der Waals surface area contributed by atoms with Gasteiger partial charge in [0.1, 0.15) is 5.82 Å². The van der Waals surface area contributed by atoms with E-state index < -0.39 is 0 Å². The largest absolute Gasteiger partial charge is 0.298 e. The minimum Gasteiger partial charge on any atom is -0.298 e. The van der Waals surface area contributed by atoms with Gasteiger partial charge in [-0.05, 0) is 46.5 Å². The highest BCUT2D eigenvalue weighted by atomic mass is 19.1. The Morgan fingerprint density at radius 3 is 2.32 bits per heavy atom. The molecule has 162 valence electrons. The van der Waals surface area contributed by atoms with Crippen LogP contribution in [0.3, 0.4) is 0 Å². The average molecular weight is 421 g/mol. The molecule has 7 heteroatoms. The Kier molecular flexibility index (Phi) is 6.04. The molecule has 6 nitrogen and oxygen atoms in total. The Morgan fingerprint density at radius 1 is 0.903 bits per heavy atom. The van der Waals surface area contributed by atoms with Crippen LogP contribution in [0, 0.1) is 5.82 Å². The molecular formula is C24H29FN6. The van der Waals surface area contributed by atoms with Crippen molar-refractivity contribution in [3.05, 3.63) is 77.4 Å². The van der Waals surface area contributed by atoms with E-state index in [1.165, 1.54) is 43.4 Å². The van der Waals surface area contributed by atoms with E-state index >= 15 is 0 Å². The predicted molar refractivity (Wildman–Crippen MR) is 117 cm³/mol. The van der Waals surface area contributed by atoms with E-state index in [9.17, 15) is 4.39 Å². The molecule has 1 unspecified atom stereocenters.